The SMILES string of the molecule is CC(N)C1CCCCN1C(=O)CNC(=O)c1cccc(Br)c1.Cl. The number of hydrogen-bond acceptors (Lipinski definition) is 3. The number of nitrogens with one attached hydrogen (secondary N) is 1. The van der Waals surface area contributed by atoms with Gasteiger partial charge in [0.25, 0.3) is 5.91 Å². The van der Waals surface area contributed by atoms with Gasteiger partial charge in [-0.25, -0.2) is 0 Å². The number of rotatable bonds is 4. The van der Waals surface area contributed by atoms with Gasteiger partial charge in [0.2, 0.25) is 5.91 Å². The van der Waals surface area contributed by atoms with E-state index in [1.807, 2.05) is 17.9 Å². The van der Waals surface area contributed by atoms with Crippen molar-refractivity contribution in [1.82, 2.24) is 10.2 Å². The van der Waals surface area contributed by atoms with E-state index < -0.39 is 0 Å². The maximum absolute atomic E-state index is 12.4. The van der Waals surface area contributed by atoms with Gasteiger partial charge >= 0.3 is 0 Å². The van der Waals surface area contributed by atoms with Crippen molar-refractivity contribution in [3.63, 3.8) is 0 Å². The van der Waals surface area contributed by atoms with Gasteiger partial charge in [0.05, 0.1) is 6.54 Å². The lowest BCUT2D eigenvalue weighted by Crippen LogP contribution is -2.54. The Bertz CT molecular complexity index is 554. The van der Waals surface area contributed by atoms with E-state index in [4.69, 9.17) is 5.73 Å². The molecule has 0 spiro atoms. The zero-order valence-electron chi connectivity index (χ0n) is 13.1. The van der Waals surface area contributed by atoms with Crippen molar-refractivity contribution in [2.24, 2.45) is 5.73 Å². The summed E-state index contributed by atoms with van der Waals surface area (Å²) in [6.45, 7) is 2.66. The summed E-state index contributed by atoms with van der Waals surface area (Å²) in [6, 6.07) is 7.11. The Hall–Kier alpha value is -1.11. The first-order valence-electron chi connectivity index (χ1n) is 7.58. The van der Waals surface area contributed by atoms with Crippen molar-refractivity contribution >= 4 is 40.2 Å². The molecule has 0 saturated carbocycles. The van der Waals surface area contributed by atoms with Crippen LogP contribution in [0.4, 0.5) is 0 Å². The number of piperidine rings is 1. The van der Waals surface area contributed by atoms with Gasteiger partial charge in [0.15, 0.2) is 0 Å². The molecule has 1 aliphatic rings. The summed E-state index contributed by atoms with van der Waals surface area (Å²) < 4.78 is 0.833. The maximum Gasteiger partial charge on any atom is 0.251 e. The summed E-state index contributed by atoms with van der Waals surface area (Å²) in [5.74, 6) is -0.311. The highest BCUT2D eigenvalue weighted by atomic mass is 79.9. The fourth-order valence-electron chi connectivity index (χ4n) is 2.80. The van der Waals surface area contributed by atoms with Gasteiger partial charge in [-0.05, 0) is 44.4 Å². The summed E-state index contributed by atoms with van der Waals surface area (Å²) in [5, 5.41) is 2.69. The molecule has 1 saturated heterocycles. The van der Waals surface area contributed by atoms with Crippen LogP contribution in [0, 0.1) is 0 Å². The van der Waals surface area contributed by atoms with Crippen LogP contribution >= 0.6 is 28.3 Å². The normalized spacial score (nSPS) is 18.7. The minimum Gasteiger partial charge on any atom is -0.343 e. The predicted molar refractivity (Wildman–Crippen MR) is 96.7 cm³/mol. The Labute approximate surface area is 151 Å². The van der Waals surface area contributed by atoms with E-state index in [9.17, 15) is 9.59 Å². The molecule has 1 fully saturated rings. The fraction of sp³-hybridized carbons (Fsp3) is 0.500. The lowest BCUT2D eigenvalue weighted by molar-refractivity contribution is -0.134. The third-order valence-electron chi connectivity index (χ3n) is 3.96. The van der Waals surface area contributed by atoms with Gasteiger partial charge in [-0.2, -0.15) is 0 Å². The molecule has 128 valence electrons. The second kappa shape index (κ2) is 9.25. The van der Waals surface area contributed by atoms with Crippen LogP contribution in [0.1, 0.15) is 36.5 Å². The van der Waals surface area contributed by atoms with Crippen LogP contribution in [-0.2, 0) is 4.79 Å². The highest BCUT2D eigenvalue weighted by molar-refractivity contribution is 9.10. The minimum atomic E-state index is -0.246. The Morgan fingerprint density at radius 1 is 1.43 bits per heavy atom. The molecule has 1 aromatic carbocycles. The van der Waals surface area contributed by atoms with Crippen LogP contribution in [0.2, 0.25) is 0 Å². The van der Waals surface area contributed by atoms with E-state index >= 15 is 0 Å². The van der Waals surface area contributed by atoms with E-state index in [1.54, 1.807) is 18.2 Å². The standard InChI is InChI=1S/C16H22BrN3O2.ClH/c1-11(18)14-7-2-3-8-20(14)15(21)10-19-16(22)12-5-4-6-13(17)9-12;/h4-6,9,11,14H,2-3,7-8,10,18H2,1H3,(H,19,22);1H. The second-order valence-electron chi connectivity index (χ2n) is 5.70. The van der Waals surface area contributed by atoms with Crippen molar-refractivity contribution in [2.45, 2.75) is 38.3 Å². The smallest absolute Gasteiger partial charge is 0.251 e. The molecular formula is C16H23BrClN3O2. The zero-order valence-corrected chi connectivity index (χ0v) is 15.5. The summed E-state index contributed by atoms with van der Waals surface area (Å²) in [5.41, 5.74) is 6.50. The van der Waals surface area contributed by atoms with E-state index in [0.29, 0.717) is 5.56 Å². The maximum atomic E-state index is 12.4. The molecule has 7 heteroatoms. The molecule has 0 aromatic heterocycles. The number of amides is 2. The molecule has 2 atom stereocenters. The molecule has 1 heterocycles. The zero-order chi connectivity index (χ0) is 16.1. The molecule has 0 radical (unpaired) electrons. The van der Waals surface area contributed by atoms with Crippen molar-refractivity contribution in [3.05, 3.63) is 34.3 Å². The predicted octanol–water partition coefficient (Wildman–Crippen LogP) is 2.33. The molecule has 5 nitrogen and oxygen atoms in total. The number of nitrogens with two attached hydrogens (primary N) is 1. The Balaban J connectivity index is 0.00000264. The van der Waals surface area contributed by atoms with Gasteiger partial charge in [0, 0.05) is 28.7 Å². The molecule has 2 rings (SSSR count). The lowest BCUT2D eigenvalue weighted by Gasteiger charge is -2.38. The molecule has 23 heavy (non-hydrogen) atoms. The van der Waals surface area contributed by atoms with E-state index in [2.05, 4.69) is 21.2 Å². The largest absolute Gasteiger partial charge is 0.343 e. The van der Waals surface area contributed by atoms with Crippen LogP contribution in [0.25, 0.3) is 0 Å². The summed E-state index contributed by atoms with van der Waals surface area (Å²) in [6.07, 6.45) is 3.03. The molecule has 2 unspecified atom stereocenters. The first-order valence-corrected chi connectivity index (χ1v) is 8.37. The van der Waals surface area contributed by atoms with Crippen LogP contribution in [0.15, 0.2) is 28.7 Å². The second-order valence-corrected chi connectivity index (χ2v) is 6.62. The van der Waals surface area contributed by atoms with E-state index in [0.717, 1.165) is 30.3 Å². The van der Waals surface area contributed by atoms with Gasteiger partial charge < -0.3 is 16.0 Å². The van der Waals surface area contributed by atoms with Crippen molar-refractivity contribution in [1.29, 1.82) is 0 Å². The van der Waals surface area contributed by atoms with Gasteiger partial charge in [0.1, 0.15) is 0 Å². The van der Waals surface area contributed by atoms with E-state index in [1.165, 1.54) is 0 Å². The van der Waals surface area contributed by atoms with Crippen molar-refractivity contribution in [3.8, 4) is 0 Å². The quantitative estimate of drug-likeness (QED) is 0.809. The number of halogens is 2. The van der Waals surface area contributed by atoms with E-state index in [-0.39, 0.29) is 42.8 Å². The molecule has 2 amide bonds. The average Bonchev–Trinajstić information content (AvgIpc) is 2.52. The molecule has 3 N–H and O–H groups in total. The summed E-state index contributed by atoms with van der Waals surface area (Å²) in [4.78, 5) is 26.2. The third-order valence-corrected chi connectivity index (χ3v) is 4.46. The molecule has 1 aliphatic heterocycles. The molecule has 0 bridgehead atoms. The molecular weight excluding hydrogens is 382 g/mol. The van der Waals surface area contributed by atoms with Gasteiger partial charge in [-0.15, -0.1) is 12.4 Å². The lowest BCUT2D eigenvalue weighted by atomic mass is 9.97. The number of nitrogens with zero attached hydrogens (tertiary/aromatic N) is 1. The highest BCUT2D eigenvalue weighted by Gasteiger charge is 2.29. The minimum absolute atomic E-state index is 0. The van der Waals surface area contributed by atoms with Crippen molar-refractivity contribution in [2.75, 3.05) is 13.1 Å². The molecule has 0 aliphatic carbocycles. The van der Waals surface area contributed by atoms with Gasteiger partial charge in [-0.1, -0.05) is 22.0 Å². The molecule has 1 aromatic rings. The van der Waals surface area contributed by atoms with Crippen LogP contribution in [-0.4, -0.2) is 41.9 Å². The highest BCUT2D eigenvalue weighted by Crippen LogP contribution is 2.19. The number of benzene rings is 1. The summed E-state index contributed by atoms with van der Waals surface area (Å²) >= 11 is 3.33. The number of likely N-dealkylation sites (tertiary alicyclic amines) is 1. The van der Waals surface area contributed by atoms with Crippen molar-refractivity contribution < 1.29 is 9.59 Å². The first-order chi connectivity index (χ1) is 10.5. The Morgan fingerprint density at radius 3 is 2.83 bits per heavy atom. The first kappa shape index (κ1) is 19.9. The monoisotopic (exact) mass is 403 g/mol. The number of carbonyl (C=O) groups is 2. The third kappa shape index (κ3) is 5.48. The topological polar surface area (TPSA) is 75.4 Å². The van der Waals surface area contributed by atoms with Crippen LogP contribution in [0.5, 0.6) is 0 Å². The van der Waals surface area contributed by atoms with Gasteiger partial charge in [-0.3, -0.25) is 9.59 Å². The van der Waals surface area contributed by atoms with Crippen LogP contribution < -0.4 is 11.1 Å². The number of hydrogen-bond donors (Lipinski definition) is 2. The fourth-order valence-corrected chi connectivity index (χ4v) is 3.20. The number of carbonyl (C=O) groups excluding carboxylic acids is 2. The Morgan fingerprint density at radius 2 is 2.17 bits per heavy atom. The Kier molecular flexibility index (Phi) is 8.02. The summed E-state index contributed by atoms with van der Waals surface area (Å²) in [7, 11) is 0. The average molecular weight is 405 g/mol. The van der Waals surface area contributed by atoms with Crippen LogP contribution in [0.3, 0.4) is 0 Å².